The summed E-state index contributed by atoms with van der Waals surface area (Å²) >= 11 is 5.73. The molecule has 2 aromatic carbocycles. The van der Waals surface area contributed by atoms with E-state index in [2.05, 4.69) is 4.72 Å². The van der Waals surface area contributed by atoms with Crippen LogP contribution in [0.25, 0.3) is 0 Å². The summed E-state index contributed by atoms with van der Waals surface area (Å²) in [5.41, 5.74) is 0.0163. The number of methoxy groups -OCH3 is 1. The van der Waals surface area contributed by atoms with Gasteiger partial charge in [0.1, 0.15) is 10.6 Å². The van der Waals surface area contributed by atoms with Crippen molar-refractivity contribution < 1.29 is 23.1 Å². The highest BCUT2D eigenvalue weighted by Gasteiger charge is 2.20. The Balaban J connectivity index is 2.45. The van der Waals surface area contributed by atoms with Gasteiger partial charge in [-0.1, -0.05) is 11.6 Å². The number of nitrogens with one attached hydrogen (secondary N) is 1. The van der Waals surface area contributed by atoms with Crippen LogP contribution in [0.3, 0.4) is 0 Å². The monoisotopic (exact) mass is 340 g/mol. The minimum atomic E-state index is -4.03. The third-order valence-electron chi connectivity index (χ3n) is 2.79. The SMILES string of the molecule is COc1ccc(C(=O)[O-])cc1S(=O)(=O)Nc1ccc(Cl)cc1. The number of carboxylic acid groups (broad SMARTS) is 1. The Labute approximate surface area is 132 Å². The summed E-state index contributed by atoms with van der Waals surface area (Å²) < 4.78 is 32.1. The summed E-state index contributed by atoms with van der Waals surface area (Å²) in [5, 5.41) is 11.4. The lowest BCUT2D eigenvalue weighted by atomic mass is 10.2. The highest BCUT2D eigenvalue weighted by atomic mass is 35.5. The molecule has 0 aliphatic rings. The Kier molecular flexibility index (Phi) is 4.58. The van der Waals surface area contributed by atoms with Gasteiger partial charge in [0.25, 0.3) is 10.0 Å². The maximum atomic E-state index is 12.4. The molecular weight excluding hydrogens is 330 g/mol. The predicted molar refractivity (Wildman–Crippen MR) is 79.6 cm³/mol. The van der Waals surface area contributed by atoms with Crippen LogP contribution in [-0.2, 0) is 10.0 Å². The molecule has 22 heavy (non-hydrogen) atoms. The quantitative estimate of drug-likeness (QED) is 0.890. The van der Waals surface area contributed by atoms with Gasteiger partial charge in [-0.3, -0.25) is 4.72 Å². The van der Waals surface area contributed by atoms with Crippen LogP contribution in [-0.4, -0.2) is 21.5 Å². The molecule has 0 saturated heterocycles. The van der Waals surface area contributed by atoms with E-state index in [1.54, 1.807) is 0 Å². The summed E-state index contributed by atoms with van der Waals surface area (Å²) in [7, 11) is -2.75. The van der Waals surface area contributed by atoms with Crippen molar-refractivity contribution in [2.24, 2.45) is 0 Å². The number of carbonyl (C=O) groups excluding carboxylic acids is 1. The van der Waals surface area contributed by atoms with Gasteiger partial charge >= 0.3 is 0 Å². The first-order valence-corrected chi connectivity index (χ1v) is 7.87. The van der Waals surface area contributed by atoms with E-state index in [1.165, 1.54) is 43.5 Å². The summed E-state index contributed by atoms with van der Waals surface area (Å²) in [5.74, 6) is -1.46. The van der Waals surface area contributed by atoms with Gasteiger partial charge < -0.3 is 14.6 Å². The van der Waals surface area contributed by atoms with Gasteiger partial charge in [-0.05, 0) is 48.0 Å². The first kappa shape index (κ1) is 16.1. The van der Waals surface area contributed by atoms with Gasteiger partial charge in [0, 0.05) is 10.7 Å². The van der Waals surface area contributed by atoms with E-state index < -0.39 is 16.0 Å². The minimum Gasteiger partial charge on any atom is -0.545 e. The van der Waals surface area contributed by atoms with Crippen molar-refractivity contribution in [3.05, 3.63) is 53.1 Å². The second kappa shape index (κ2) is 6.25. The van der Waals surface area contributed by atoms with Crippen LogP contribution in [0.1, 0.15) is 10.4 Å². The number of anilines is 1. The molecule has 2 rings (SSSR count). The van der Waals surface area contributed by atoms with Crippen molar-refractivity contribution in [2.75, 3.05) is 11.8 Å². The van der Waals surface area contributed by atoms with Gasteiger partial charge in [0.05, 0.1) is 13.1 Å². The van der Waals surface area contributed by atoms with Crippen LogP contribution in [0.15, 0.2) is 47.4 Å². The van der Waals surface area contributed by atoms with Gasteiger partial charge in [-0.25, -0.2) is 8.42 Å². The molecule has 2 aromatic rings. The van der Waals surface area contributed by atoms with Crippen molar-refractivity contribution in [1.82, 2.24) is 0 Å². The van der Waals surface area contributed by atoms with E-state index in [9.17, 15) is 18.3 Å². The van der Waals surface area contributed by atoms with Crippen LogP contribution in [0.2, 0.25) is 5.02 Å². The van der Waals surface area contributed by atoms with E-state index in [0.717, 1.165) is 6.07 Å². The Hall–Kier alpha value is -2.25. The van der Waals surface area contributed by atoms with Crippen molar-refractivity contribution in [2.45, 2.75) is 4.90 Å². The number of carboxylic acids is 1. The molecule has 0 aliphatic carbocycles. The van der Waals surface area contributed by atoms with E-state index in [0.29, 0.717) is 5.02 Å². The molecule has 116 valence electrons. The molecule has 0 amide bonds. The van der Waals surface area contributed by atoms with Crippen molar-refractivity contribution in [3.63, 3.8) is 0 Å². The summed E-state index contributed by atoms with van der Waals surface area (Å²) in [6, 6.07) is 9.44. The number of halogens is 1. The Morgan fingerprint density at radius 3 is 2.36 bits per heavy atom. The lowest BCUT2D eigenvalue weighted by molar-refractivity contribution is -0.255. The van der Waals surface area contributed by atoms with Gasteiger partial charge in [-0.15, -0.1) is 0 Å². The summed E-state index contributed by atoms with van der Waals surface area (Å²) in [4.78, 5) is 10.6. The zero-order valence-electron chi connectivity index (χ0n) is 11.4. The van der Waals surface area contributed by atoms with Crippen LogP contribution in [0, 0.1) is 0 Å². The standard InChI is InChI=1S/C14H12ClNO5S/c1-21-12-7-2-9(14(17)18)8-13(12)22(19,20)16-11-5-3-10(15)4-6-11/h2-8,16H,1H3,(H,17,18)/p-1. The van der Waals surface area contributed by atoms with Crippen LogP contribution < -0.4 is 14.6 Å². The second-order valence-corrected chi connectivity index (χ2v) is 6.35. The zero-order valence-corrected chi connectivity index (χ0v) is 12.9. The first-order valence-electron chi connectivity index (χ1n) is 6.01. The molecule has 8 heteroatoms. The highest BCUT2D eigenvalue weighted by molar-refractivity contribution is 7.92. The molecule has 0 saturated carbocycles. The predicted octanol–water partition coefficient (Wildman–Crippen LogP) is 1.51. The number of ether oxygens (including phenoxy) is 1. The fourth-order valence-corrected chi connectivity index (χ4v) is 3.12. The van der Waals surface area contributed by atoms with Gasteiger partial charge in [-0.2, -0.15) is 0 Å². The van der Waals surface area contributed by atoms with Crippen LogP contribution >= 0.6 is 11.6 Å². The third-order valence-corrected chi connectivity index (χ3v) is 4.44. The average molecular weight is 341 g/mol. The number of sulfonamides is 1. The number of hydrogen-bond donors (Lipinski definition) is 1. The Morgan fingerprint density at radius 1 is 1.18 bits per heavy atom. The molecule has 0 unspecified atom stereocenters. The lowest BCUT2D eigenvalue weighted by Crippen LogP contribution is -2.23. The molecule has 0 heterocycles. The maximum absolute atomic E-state index is 12.4. The summed E-state index contributed by atoms with van der Waals surface area (Å²) in [6.07, 6.45) is 0. The van der Waals surface area contributed by atoms with E-state index in [4.69, 9.17) is 16.3 Å². The van der Waals surface area contributed by atoms with E-state index in [1.807, 2.05) is 0 Å². The number of hydrogen-bond acceptors (Lipinski definition) is 5. The molecule has 6 nitrogen and oxygen atoms in total. The van der Waals surface area contributed by atoms with Crippen LogP contribution in [0.4, 0.5) is 5.69 Å². The molecule has 1 N–H and O–H groups in total. The maximum Gasteiger partial charge on any atom is 0.265 e. The lowest BCUT2D eigenvalue weighted by Gasteiger charge is -2.13. The molecule has 0 bridgehead atoms. The molecule has 0 aliphatic heterocycles. The molecular formula is C14H11ClNO5S-. The number of rotatable bonds is 5. The number of aromatic carboxylic acids is 1. The van der Waals surface area contributed by atoms with E-state index >= 15 is 0 Å². The topological polar surface area (TPSA) is 95.5 Å². The van der Waals surface area contributed by atoms with E-state index in [-0.39, 0.29) is 21.9 Å². The second-order valence-electron chi connectivity index (χ2n) is 4.27. The fourth-order valence-electron chi connectivity index (χ4n) is 1.74. The fraction of sp³-hybridized carbons (Fsp3) is 0.0714. The molecule has 0 spiro atoms. The van der Waals surface area contributed by atoms with Crippen molar-refractivity contribution in [1.29, 1.82) is 0 Å². The normalized spacial score (nSPS) is 11.0. The van der Waals surface area contributed by atoms with Gasteiger partial charge in [0.2, 0.25) is 0 Å². The highest BCUT2D eigenvalue weighted by Crippen LogP contribution is 2.27. The first-order chi connectivity index (χ1) is 10.3. The molecule has 0 aromatic heterocycles. The molecule has 0 radical (unpaired) electrons. The van der Waals surface area contributed by atoms with Crippen LogP contribution in [0.5, 0.6) is 5.75 Å². The Bertz CT molecular complexity index is 802. The largest absolute Gasteiger partial charge is 0.545 e. The Morgan fingerprint density at radius 2 is 1.82 bits per heavy atom. The summed E-state index contributed by atoms with van der Waals surface area (Å²) in [6.45, 7) is 0. The third kappa shape index (κ3) is 3.49. The number of carbonyl (C=O) groups is 1. The smallest absolute Gasteiger partial charge is 0.265 e. The molecule has 0 fully saturated rings. The van der Waals surface area contributed by atoms with Crippen molar-refractivity contribution in [3.8, 4) is 5.75 Å². The zero-order chi connectivity index (χ0) is 16.3. The number of benzene rings is 2. The average Bonchev–Trinajstić information content (AvgIpc) is 2.48. The van der Waals surface area contributed by atoms with Crippen molar-refractivity contribution >= 4 is 33.3 Å². The van der Waals surface area contributed by atoms with Gasteiger partial charge in [0.15, 0.2) is 0 Å². The minimum absolute atomic E-state index is 0.0199. The molecule has 0 atom stereocenters.